The third kappa shape index (κ3) is 4.01. The van der Waals surface area contributed by atoms with Gasteiger partial charge in [-0.15, -0.1) is 0 Å². The highest BCUT2D eigenvalue weighted by atomic mass is 15.2. The Labute approximate surface area is 276 Å². The molecule has 0 aliphatic carbocycles. The number of fused-ring (bicyclic) bond motifs is 7. The molecule has 0 unspecified atom stereocenters. The van der Waals surface area contributed by atoms with Crippen molar-refractivity contribution in [3.8, 4) is 34.4 Å². The summed E-state index contributed by atoms with van der Waals surface area (Å²) in [5.41, 5.74) is 7.41. The van der Waals surface area contributed by atoms with E-state index in [0.29, 0.717) is 17.6 Å². The Kier molecular flexibility index (Phi) is 5.81. The first-order valence-corrected chi connectivity index (χ1v) is 16.1. The van der Waals surface area contributed by atoms with Crippen molar-refractivity contribution in [3.05, 3.63) is 164 Å². The molecule has 0 saturated carbocycles. The molecule has 0 N–H and O–H groups in total. The Hall–Kier alpha value is -6.59. The molecule has 3 heterocycles. The molecular formula is C43H27N5. The summed E-state index contributed by atoms with van der Waals surface area (Å²) in [5, 5.41) is 7.10. The molecule has 48 heavy (non-hydrogen) atoms. The maximum atomic E-state index is 5.18. The molecular weight excluding hydrogens is 587 g/mol. The van der Waals surface area contributed by atoms with Crippen LogP contribution in [-0.4, -0.2) is 24.1 Å². The van der Waals surface area contributed by atoms with Crippen molar-refractivity contribution in [1.29, 1.82) is 0 Å². The predicted octanol–water partition coefficient (Wildman–Crippen LogP) is 10.6. The van der Waals surface area contributed by atoms with Crippen LogP contribution in [0.2, 0.25) is 0 Å². The highest BCUT2D eigenvalue weighted by Crippen LogP contribution is 2.41. The van der Waals surface area contributed by atoms with E-state index < -0.39 is 0 Å². The van der Waals surface area contributed by atoms with Crippen LogP contribution in [0.15, 0.2) is 164 Å². The Bertz CT molecular complexity index is 2720. The average Bonchev–Trinajstić information content (AvgIpc) is 3.67. The number of benzene rings is 7. The molecule has 0 aliphatic heterocycles. The lowest BCUT2D eigenvalue weighted by Crippen LogP contribution is -2.06. The van der Waals surface area contributed by atoms with E-state index in [2.05, 4.69) is 112 Å². The normalized spacial score (nSPS) is 11.8. The molecule has 0 spiro atoms. The van der Waals surface area contributed by atoms with Gasteiger partial charge in [0.2, 0.25) is 5.95 Å². The minimum absolute atomic E-state index is 0.581. The molecule has 0 amide bonds. The summed E-state index contributed by atoms with van der Waals surface area (Å²) in [7, 11) is 0. The van der Waals surface area contributed by atoms with Crippen molar-refractivity contribution in [1.82, 2.24) is 24.1 Å². The van der Waals surface area contributed by atoms with Crippen LogP contribution < -0.4 is 0 Å². The first-order chi connectivity index (χ1) is 23.8. The van der Waals surface area contributed by atoms with Gasteiger partial charge in [-0.2, -0.15) is 9.97 Å². The summed E-state index contributed by atoms with van der Waals surface area (Å²) in [6, 6.07) is 57.3. The van der Waals surface area contributed by atoms with E-state index in [1.54, 1.807) is 0 Å². The van der Waals surface area contributed by atoms with Gasteiger partial charge in [0.15, 0.2) is 11.6 Å². The largest absolute Gasteiger partial charge is 0.309 e. The van der Waals surface area contributed by atoms with Crippen LogP contribution in [0.5, 0.6) is 0 Å². The van der Waals surface area contributed by atoms with Crippen molar-refractivity contribution >= 4 is 54.4 Å². The predicted molar refractivity (Wildman–Crippen MR) is 197 cm³/mol. The molecule has 3 aromatic heterocycles. The topological polar surface area (TPSA) is 48.5 Å². The van der Waals surface area contributed by atoms with E-state index in [1.807, 2.05) is 60.7 Å². The molecule has 0 saturated heterocycles. The first kappa shape index (κ1) is 26.6. The molecule has 0 bridgehead atoms. The van der Waals surface area contributed by atoms with Crippen LogP contribution in [0, 0.1) is 0 Å². The maximum absolute atomic E-state index is 5.18. The van der Waals surface area contributed by atoms with Crippen molar-refractivity contribution in [3.63, 3.8) is 0 Å². The van der Waals surface area contributed by atoms with E-state index in [4.69, 9.17) is 15.0 Å². The molecule has 5 heteroatoms. The molecule has 0 aliphatic rings. The van der Waals surface area contributed by atoms with Gasteiger partial charge in [-0.05, 0) is 47.2 Å². The van der Waals surface area contributed by atoms with Crippen LogP contribution in [0.1, 0.15) is 0 Å². The summed E-state index contributed by atoms with van der Waals surface area (Å²) in [4.78, 5) is 15.3. The maximum Gasteiger partial charge on any atom is 0.238 e. The number of hydrogen-bond acceptors (Lipinski definition) is 3. The lowest BCUT2D eigenvalue weighted by Gasteiger charge is -2.12. The Morgan fingerprint density at radius 1 is 0.354 bits per heavy atom. The van der Waals surface area contributed by atoms with Gasteiger partial charge in [0, 0.05) is 32.7 Å². The molecule has 7 aromatic carbocycles. The number of aromatic nitrogens is 5. The van der Waals surface area contributed by atoms with E-state index in [1.165, 1.54) is 27.2 Å². The molecule has 10 rings (SSSR count). The first-order valence-electron chi connectivity index (χ1n) is 16.1. The highest BCUT2D eigenvalue weighted by molar-refractivity contribution is 6.18. The van der Waals surface area contributed by atoms with E-state index in [-0.39, 0.29) is 0 Å². The van der Waals surface area contributed by atoms with Gasteiger partial charge < -0.3 is 4.57 Å². The fraction of sp³-hybridized carbons (Fsp3) is 0. The summed E-state index contributed by atoms with van der Waals surface area (Å²) in [5.74, 6) is 1.85. The van der Waals surface area contributed by atoms with Crippen LogP contribution in [0.3, 0.4) is 0 Å². The number of rotatable bonds is 4. The van der Waals surface area contributed by atoms with Gasteiger partial charge in [-0.3, -0.25) is 4.57 Å². The van der Waals surface area contributed by atoms with Gasteiger partial charge in [0.1, 0.15) is 0 Å². The lowest BCUT2D eigenvalue weighted by atomic mass is 10.1. The monoisotopic (exact) mass is 613 g/mol. The zero-order chi connectivity index (χ0) is 31.6. The Morgan fingerprint density at radius 3 is 1.50 bits per heavy atom. The van der Waals surface area contributed by atoms with E-state index >= 15 is 0 Å². The fourth-order valence-corrected chi connectivity index (χ4v) is 7.22. The molecule has 224 valence electrons. The molecule has 10 aromatic rings. The summed E-state index contributed by atoms with van der Waals surface area (Å²) >= 11 is 0. The summed E-state index contributed by atoms with van der Waals surface area (Å²) in [6.45, 7) is 0. The van der Waals surface area contributed by atoms with Crippen LogP contribution in [0.4, 0.5) is 0 Å². The second-order valence-corrected chi connectivity index (χ2v) is 12.1. The SMILES string of the molecule is c1ccc(-c2nc(-c3ccccc3)nc(-n3c4cc5ccccc5cc4c4c(-n5c6ccccc6c6ccccc65)cccc43)n2)cc1. The third-order valence-electron chi connectivity index (χ3n) is 9.34. The second-order valence-electron chi connectivity index (χ2n) is 12.1. The zero-order valence-corrected chi connectivity index (χ0v) is 25.8. The van der Waals surface area contributed by atoms with Crippen LogP contribution >= 0.6 is 0 Å². The minimum atomic E-state index is 0.581. The van der Waals surface area contributed by atoms with Crippen molar-refractivity contribution in [2.75, 3.05) is 0 Å². The van der Waals surface area contributed by atoms with Gasteiger partial charge in [0.05, 0.1) is 27.8 Å². The van der Waals surface area contributed by atoms with Crippen molar-refractivity contribution < 1.29 is 0 Å². The van der Waals surface area contributed by atoms with Gasteiger partial charge in [-0.1, -0.05) is 127 Å². The van der Waals surface area contributed by atoms with E-state index in [0.717, 1.165) is 44.0 Å². The summed E-state index contributed by atoms with van der Waals surface area (Å²) in [6.07, 6.45) is 0. The third-order valence-corrected chi connectivity index (χ3v) is 9.34. The minimum Gasteiger partial charge on any atom is -0.309 e. The lowest BCUT2D eigenvalue weighted by molar-refractivity contribution is 0.953. The smallest absolute Gasteiger partial charge is 0.238 e. The van der Waals surface area contributed by atoms with Gasteiger partial charge in [0.25, 0.3) is 0 Å². The number of hydrogen-bond donors (Lipinski definition) is 0. The summed E-state index contributed by atoms with van der Waals surface area (Å²) < 4.78 is 4.62. The Morgan fingerprint density at radius 2 is 0.875 bits per heavy atom. The number of nitrogens with zero attached hydrogens (tertiary/aromatic N) is 5. The van der Waals surface area contributed by atoms with Crippen LogP contribution in [-0.2, 0) is 0 Å². The molecule has 0 fully saturated rings. The zero-order valence-electron chi connectivity index (χ0n) is 25.8. The fourth-order valence-electron chi connectivity index (χ4n) is 7.22. The molecule has 0 radical (unpaired) electrons. The van der Waals surface area contributed by atoms with Gasteiger partial charge in [-0.25, -0.2) is 4.98 Å². The Balaban J connectivity index is 1.36. The van der Waals surface area contributed by atoms with E-state index in [9.17, 15) is 0 Å². The average molecular weight is 614 g/mol. The molecule has 5 nitrogen and oxygen atoms in total. The van der Waals surface area contributed by atoms with Crippen LogP contribution in [0.25, 0.3) is 88.8 Å². The van der Waals surface area contributed by atoms with Gasteiger partial charge >= 0.3 is 0 Å². The standard InChI is InChI=1S/C43H27N5/c1-3-14-28(15-4-1)41-44-42(29-16-5-2-6-17-29)46-43(45-41)48-38-25-13-24-37(40(38)34-26-30-18-7-8-19-31(30)27-39(34)48)47-35-22-11-9-20-32(35)33-21-10-12-23-36(33)47/h1-27H. The quantitative estimate of drug-likeness (QED) is 0.198. The second kappa shape index (κ2) is 10.5. The number of para-hydroxylation sites is 2. The van der Waals surface area contributed by atoms with Crippen molar-refractivity contribution in [2.24, 2.45) is 0 Å². The van der Waals surface area contributed by atoms with Crippen molar-refractivity contribution in [2.45, 2.75) is 0 Å². The molecule has 0 atom stereocenters. The highest BCUT2D eigenvalue weighted by Gasteiger charge is 2.22.